The number of rotatable bonds is 8. The predicted molar refractivity (Wildman–Crippen MR) is 139 cm³/mol. The second kappa shape index (κ2) is 10.4. The SMILES string of the molecule is CCOC(=O)C(C)C1=CC2(CCC(NS(=O)(=O)c3ccc(Cl)cc3)CC2)c2cc(OC)cc(OC)c21. The van der Waals surface area contributed by atoms with Crippen LogP contribution >= 0.6 is 11.6 Å². The molecule has 194 valence electrons. The third-order valence-corrected chi connectivity index (χ3v) is 9.01. The van der Waals surface area contributed by atoms with E-state index in [4.69, 9.17) is 25.8 Å². The van der Waals surface area contributed by atoms with Gasteiger partial charge in [-0.3, -0.25) is 4.79 Å². The molecule has 2 aliphatic carbocycles. The van der Waals surface area contributed by atoms with Gasteiger partial charge in [-0.25, -0.2) is 13.1 Å². The second-order valence-electron chi connectivity index (χ2n) is 9.33. The summed E-state index contributed by atoms with van der Waals surface area (Å²) in [7, 11) is -0.442. The van der Waals surface area contributed by atoms with Crippen molar-refractivity contribution in [3.8, 4) is 11.5 Å². The van der Waals surface area contributed by atoms with Gasteiger partial charge in [-0.2, -0.15) is 0 Å². The lowest BCUT2D eigenvalue weighted by atomic mass is 9.69. The number of esters is 1. The molecule has 0 saturated heterocycles. The van der Waals surface area contributed by atoms with Gasteiger partial charge in [0.25, 0.3) is 0 Å². The van der Waals surface area contributed by atoms with Gasteiger partial charge in [0.2, 0.25) is 10.0 Å². The Morgan fingerprint density at radius 2 is 1.81 bits per heavy atom. The maximum absolute atomic E-state index is 12.9. The zero-order valence-corrected chi connectivity index (χ0v) is 22.5. The van der Waals surface area contributed by atoms with Gasteiger partial charge in [-0.1, -0.05) is 17.7 Å². The summed E-state index contributed by atoms with van der Waals surface area (Å²) in [5.74, 6) is 0.573. The number of fused-ring (bicyclic) bond motifs is 2. The molecule has 9 heteroatoms. The lowest BCUT2D eigenvalue weighted by Gasteiger charge is -2.37. The highest BCUT2D eigenvalue weighted by Crippen LogP contribution is 2.54. The summed E-state index contributed by atoms with van der Waals surface area (Å²) in [6.07, 6.45) is 4.88. The minimum Gasteiger partial charge on any atom is -0.497 e. The van der Waals surface area contributed by atoms with Crippen LogP contribution in [0.3, 0.4) is 0 Å². The number of hydrogen-bond acceptors (Lipinski definition) is 6. The van der Waals surface area contributed by atoms with Crippen molar-refractivity contribution in [3.05, 3.63) is 58.6 Å². The van der Waals surface area contributed by atoms with Crippen LogP contribution in [-0.4, -0.2) is 41.3 Å². The minimum atomic E-state index is -3.66. The highest BCUT2D eigenvalue weighted by Gasteiger charge is 2.45. The Labute approximate surface area is 217 Å². The predicted octanol–water partition coefficient (Wildman–Crippen LogP) is 5.11. The van der Waals surface area contributed by atoms with Gasteiger partial charge in [-0.05, 0) is 81.0 Å². The van der Waals surface area contributed by atoms with Gasteiger partial charge in [0.1, 0.15) is 11.5 Å². The largest absolute Gasteiger partial charge is 0.497 e. The van der Waals surface area contributed by atoms with Crippen LogP contribution in [0.2, 0.25) is 5.02 Å². The van der Waals surface area contributed by atoms with Crippen LogP contribution in [0.25, 0.3) is 5.57 Å². The molecule has 1 unspecified atom stereocenters. The number of ether oxygens (including phenoxy) is 3. The molecule has 0 amide bonds. The van der Waals surface area contributed by atoms with E-state index in [1.807, 2.05) is 19.1 Å². The molecule has 2 aromatic rings. The lowest BCUT2D eigenvalue weighted by molar-refractivity contribution is -0.145. The number of nitrogens with one attached hydrogen (secondary N) is 1. The van der Waals surface area contributed by atoms with E-state index in [1.54, 1.807) is 33.3 Å². The Morgan fingerprint density at radius 1 is 1.14 bits per heavy atom. The van der Waals surface area contributed by atoms with Crippen molar-refractivity contribution in [2.45, 2.75) is 55.9 Å². The molecule has 0 aromatic heterocycles. The summed E-state index contributed by atoms with van der Waals surface area (Å²) in [6, 6.07) is 9.79. The van der Waals surface area contributed by atoms with E-state index in [2.05, 4.69) is 10.8 Å². The molecule has 4 rings (SSSR count). The van der Waals surface area contributed by atoms with E-state index in [0.29, 0.717) is 48.8 Å². The Kier molecular flexibility index (Phi) is 7.69. The molecule has 1 saturated carbocycles. The van der Waals surface area contributed by atoms with Crippen LogP contribution in [-0.2, 0) is 25.0 Å². The van der Waals surface area contributed by atoms with Gasteiger partial charge in [0.15, 0.2) is 0 Å². The molecule has 0 heterocycles. The van der Waals surface area contributed by atoms with E-state index < -0.39 is 15.9 Å². The molecule has 1 N–H and O–H groups in total. The third kappa shape index (κ3) is 4.99. The number of allylic oxidation sites excluding steroid dienone is 1. The van der Waals surface area contributed by atoms with Crippen LogP contribution in [0.5, 0.6) is 11.5 Å². The summed E-state index contributed by atoms with van der Waals surface area (Å²) < 4.78 is 45.3. The van der Waals surface area contributed by atoms with Gasteiger partial charge in [0.05, 0.1) is 31.6 Å². The molecular formula is C27H32ClNO6S. The monoisotopic (exact) mass is 533 g/mol. The summed E-state index contributed by atoms with van der Waals surface area (Å²) in [5.41, 5.74) is 2.47. The second-order valence-corrected chi connectivity index (χ2v) is 11.5. The molecular weight excluding hydrogens is 502 g/mol. The van der Waals surface area contributed by atoms with Crippen molar-refractivity contribution in [2.75, 3.05) is 20.8 Å². The fourth-order valence-electron chi connectivity index (χ4n) is 5.31. The molecule has 0 bridgehead atoms. The van der Waals surface area contributed by atoms with Crippen molar-refractivity contribution < 1.29 is 27.4 Å². The van der Waals surface area contributed by atoms with E-state index in [0.717, 1.165) is 16.7 Å². The van der Waals surface area contributed by atoms with E-state index in [1.165, 1.54) is 12.1 Å². The summed E-state index contributed by atoms with van der Waals surface area (Å²) in [5, 5.41) is 0.485. The first kappa shape index (κ1) is 26.5. The van der Waals surface area contributed by atoms with Crippen LogP contribution in [0.15, 0.2) is 47.4 Å². The van der Waals surface area contributed by atoms with Crippen molar-refractivity contribution in [2.24, 2.45) is 5.92 Å². The average molecular weight is 534 g/mol. The Hall–Kier alpha value is -2.55. The maximum Gasteiger partial charge on any atom is 0.313 e. The number of halogens is 1. The van der Waals surface area contributed by atoms with Crippen molar-refractivity contribution in [3.63, 3.8) is 0 Å². The van der Waals surface area contributed by atoms with Gasteiger partial charge < -0.3 is 14.2 Å². The fourth-order valence-corrected chi connectivity index (χ4v) is 6.74. The van der Waals surface area contributed by atoms with Gasteiger partial charge >= 0.3 is 5.97 Å². The molecule has 0 aliphatic heterocycles. The van der Waals surface area contributed by atoms with Crippen LogP contribution < -0.4 is 14.2 Å². The average Bonchev–Trinajstić information content (AvgIpc) is 3.18. The van der Waals surface area contributed by atoms with Crippen LogP contribution in [0.1, 0.15) is 50.7 Å². The lowest BCUT2D eigenvalue weighted by Crippen LogP contribution is -2.41. The minimum absolute atomic E-state index is 0.193. The number of carbonyl (C=O) groups excluding carboxylic acids is 1. The Morgan fingerprint density at radius 3 is 2.39 bits per heavy atom. The van der Waals surface area contributed by atoms with Crippen molar-refractivity contribution >= 4 is 33.2 Å². The van der Waals surface area contributed by atoms with Crippen molar-refractivity contribution in [1.82, 2.24) is 4.72 Å². The van der Waals surface area contributed by atoms with Gasteiger partial charge in [-0.15, -0.1) is 0 Å². The van der Waals surface area contributed by atoms with Crippen LogP contribution in [0.4, 0.5) is 0 Å². The maximum atomic E-state index is 12.9. The molecule has 2 aliphatic rings. The highest BCUT2D eigenvalue weighted by atomic mass is 35.5. The molecule has 7 nitrogen and oxygen atoms in total. The van der Waals surface area contributed by atoms with E-state index >= 15 is 0 Å². The first-order chi connectivity index (χ1) is 17.1. The molecule has 1 fully saturated rings. The fraction of sp³-hybridized carbons (Fsp3) is 0.444. The highest BCUT2D eigenvalue weighted by molar-refractivity contribution is 7.89. The molecule has 1 spiro atoms. The zero-order valence-electron chi connectivity index (χ0n) is 21.0. The number of benzene rings is 2. The number of methoxy groups -OCH3 is 2. The number of sulfonamides is 1. The summed E-state index contributed by atoms with van der Waals surface area (Å²) >= 11 is 5.91. The Bertz CT molecular complexity index is 1260. The van der Waals surface area contributed by atoms with Crippen molar-refractivity contribution in [1.29, 1.82) is 0 Å². The third-order valence-electron chi connectivity index (χ3n) is 7.22. The molecule has 1 atom stereocenters. The van der Waals surface area contributed by atoms with E-state index in [9.17, 15) is 13.2 Å². The Balaban J connectivity index is 1.64. The molecule has 36 heavy (non-hydrogen) atoms. The van der Waals surface area contributed by atoms with Gasteiger partial charge in [0, 0.05) is 28.1 Å². The normalized spacial score (nSPS) is 22.0. The van der Waals surface area contributed by atoms with E-state index in [-0.39, 0.29) is 22.3 Å². The smallest absolute Gasteiger partial charge is 0.313 e. The molecule has 2 aromatic carbocycles. The number of carbonyl (C=O) groups is 1. The zero-order chi connectivity index (χ0) is 26.1. The topological polar surface area (TPSA) is 90.9 Å². The summed E-state index contributed by atoms with van der Waals surface area (Å²) in [4.78, 5) is 12.9. The molecule has 0 radical (unpaired) electrons. The quantitative estimate of drug-likeness (QED) is 0.474. The first-order valence-electron chi connectivity index (χ1n) is 12.1. The van der Waals surface area contributed by atoms with Crippen LogP contribution in [0, 0.1) is 5.92 Å². The summed E-state index contributed by atoms with van der Waals surface area (Å²) in [6.45, 7) is 3.95. The first-order valence-corrected chi connectivity index (χ1v) is 13.9. The number of hydrogen-bond donors (Lipinski definition) is 1. The standard InChI is InChI=1S/C27H32ClNO6S/c1-5-35-26(30)17(2)22-16-27(23-14-20(33-3)15-24(34-4)25(22)23)12-10-19(11-13-27)29-36(31,32)21-8-6-18(28)7-9-21/h6-9,14-17,19,29H,5,10-13H2,1-4H3.